The van der Waals surface area contributed by atoms with E-state index in [-0.39, 0.29) is 30.1 Å². The summed E-state index contributed by atoms with van der Waals surface area (Å²) in [6.07, 6.45) is 0.653. The second-order valence-corrected chi connectivity index (χ2v) is 5.85. The lowest BCUT2D eigenvalue weighted by Crippen LogP contribution is -2.48. The Morgan fingerprint density at radius 3 is 2.85 bits per heavy atom. The molecule has 6 nitrogen and oxygen atoms in total. The number of β-amino-alcohol motifs (C(OH)–C–C–N with tert-alkyl or cyclic N) is 1. The van der Waals surface area contributed by atoms with Crippen LogP contribution >= 0.6 is 0 Å². The normalized spacial score (nSPS) is 30.9. The lowest BCUT2D eigenvalue weighted by atomic mass is 9.94. The molecule has 2 saturated heterocycles. The standard InChI is InChI=1S/C14H24N2O4/c1-10-3-4-16(9-12(10)17)14(19)11-7-13(18)15(8-11)5-6-20-2/h10-12,17H,3-9H2,1-2H3. The number of aliphatic hydroxyl groups excluding tert-OH is 1. The van der Waals surface area contributed by atoms with Gasteiger partial charge in [-0.1, -0.05) is 6.92 Å². The van der Waals surface area contributed by atoms with Gasteiger partial charge in [0.2, 0.25) is 11.8 Å². The van der Waals surface area contributed by atoms with Gasteiger partial charge in [0.25, 0.3) is 0 Å². The second-order valence-electron chi connectivity index (χ2n) is 5.85. The molecule has 2 aliphatic rings. The van der Waals surface area contributed by atoms with Gasteiger partial charge in [0.15, 0.2) is 0 Å². The Morgan fingerprint density at radius 1 is 1.45 bits per heavy atom. The van der Waals surface area contributed by atoms with Gasteiger partial charge < -0.3 is 19.6 Å². The van der Waals surface area contributed by atoms with Crippen LogP contribution < -0.4 is 0 Å². The van der Waals surface area contributed by atoms with Gasteiger partial charge >= 0.3 is 0 Å². The van der Waals surface area contributed by atoms with Crippen LogP contribution in [0.3, 0.4) is 0 Å². The number of amides is 2. The maximum Gasteiger partial charge on any atom is 0.228 e. The Kier molecular flexibility index (Phi) is 4.99. The van der Waals surface area contributed by atoms with Crippen molar-refractivity contribution in [3.8, 4) is 0 Å². The van der Waals surface area contributed by atoms with Crippen LogP contribution in [-0.4, -0.2) is 72.7 Å². The summed E-state index contributed by atoms with van der Waals surface area (Å²) < 4.78 is 4.97. The molecule has 0 aromatic rings. The van der Waals surface area contributed by atoms with Crippen molar-refractivity contribution in [3.63, 3.8) is 0 Å². The lowest BCUT2D eigenvalue weighted by molar-refractivity contribution is -0.139. The van der Waals surface area contributed by atoms with Crippen molar-refractivity contribution in [3.05, 3.63) is 0 Å². The molecule has 2 rings (SSSR count). The summed E-state index contributed by atoms with van der Waals surface area (Å²) in [5, 5.41) is 9.87. The van der Waals surface area contributed by atoms with E-state index in [1.54, 1.807) is 16.9 Å². The molecule has 2 amide bonds. The van der Waals surface area contributed by atoms with Crippen LogP contribution in [0.4, 0.5) is 0 Å². The Morgan fingerprint density at radius 2 is 2.20 bits per heavy atom. The molecular weight excluding hydrogens is 260 g/mol. The van der Waals surface area contributed by atoms with E-state index in [1.807, 2.05) is 6.92 Å². The molecule has 0 saturated carbocycles. The molecule has 2 aliphatic heterocycles. The maximum atomic E-state index is 12.4. The van der Waals surface area contributed by atoms with Crippen LogP contribution in [0.1, 0.15) is 19.8 Å². The SMILES string of the molecule is COCCN1CC(C(=O)N2CCC(C)C(O)C2)CC1=O. The maximum absolute atomic E-state index is 12.4. The third-order valence-electron chi connectivity index (χ3n) is 4.36. The van der Waals surface area contributed by atoms with Crippen molar-refractivity contribution >= 4 is 11.8 Å². The number of hydrogen-bond donors (Lipinski definition) is 1. The van der Waals surface area contributed by atoms with Crippen molar-refractivity contribution < 1.29 is 19.4 Å². The summed E-state index contributed by atoms with van der Waals surface area (Å²) in [6, 6.07) is 0. The number of methoxy groups -OCH3 is 1. The molecule has 2 fully saturated rings. The predicted octanol–water partition coefficient (Wildman–Crippen LogP) is -0.289. The minimum absolute atomic E-state index is 0.00390. The number of carbonyl (C=O) groups excluding carboxylic acids is 2. The molecule has 0 spiro atoms. The summed E-state index contributed by atoms with van der Waals surface area (Å²) in [5.74, 6) is -0.00188. The Balaban J connectivity index is 1.89. The third kappa shape index (κ3) is 3.30. The van der Waals surface area contributed by atoms with Crippen molar-refractivity contribution in [1.82, 2.24) is 9.80 Å². The van der Waals surface area contributed by atoms with Gasteiger partial charge in [-0.05, 0) is 12.3 Å². The molecule has 0 aromatic carbocycles. The molecule has 2 heterocycles. The van der Waals surface area contributed by atoms with Gasteiger partial charge in [0.1, 0.15) is 0 Å². The zero-order chi connectivity index (χ0) is 14.7. The van der Waals surface area contributed by atoms with Crippen LogP contribution in [0.15, 0.2) is 0 Å². The molecule has 0 bridgehead atoms. The van der Waals surface area contributed by atoms with E-state index < -0.39 is 6.10 Å². The number of nitrogens with zero attached hydrogens (tertiary/aromatic N) is 2. The Labute approximate surface area is 119 Å². The minimum Gasteiger partial charge on any atom is -0.391 e. The van der Waals surface area contributed by atoms with Gasteiger partial charge in [-0.2, -0.15) is 0 Å². The highest BCUT2D eigenvalue weighted by atomic mass is 16.5. The zero-order valence-electron chi connectivity index (χ0n) is 12.2. The van der Waals surface area contributed by atoms with E-state index >= 15 is 0 Å². The zero-order valence-corrected chi connectivity index (χ0v) is 12.2. The van der Waals surface area contributed by atoms with E-state index in [0.29, 0.717) is 32.8 Å². The molecule has 0 aliphatic carbocycles. The summed E-state index contributed by atoms with van der Waals surface area (Å²) >= 11 is 0. The smallest absolute Gasteiger partial charge is 0.228 e. The van der Waals surface area contributed by atoms with Gasteiger partial charge in [0, 0.05) is 39.7 Å². The second kappa shape index (κ2) is 6.54. The quantitative estimate of drug-likeness (QED) is 0.770. The van der Waals surface area contributed by atoms with Gasteiger partial charge in [-0.25, -0.2) is 0 Å². The molecule has 114 valence electrons. The minimum atomic E-state index is -0.450. The third-order valence-corrected chi connectivity index (χ3v) is 4.36. The molecule has 3 atom stereocenters. The van der Waals surface area contributed by atoms with Crippen molar-refractivity contribution in [2.24, 2.45) is 11.8 Å². The highest BCUT2D eigenvalue weighted by molar-refractivity contribution is 5.89. The molecule has 0 aromatic heterocycles. The number of likely N-dealkylation sites (tertiary alicyclic amines) is 2. The Hall–Kier alpha value is -1.14. The monoisotopic (exact) mass is 284 g/mol. The molecule has 0 radical (unpaired) electrons. The van der Waals surface area contributed by atoms with Gasteiger partial charge in [-0.15, -0.1) is 0 Å². The van der Waals surface area contributed by atoms with E-state index in [4.69, 9.17) is 4.74 Å². The van der Waals surface area contributed by atoms with Gasteiger partial charge in [0.05, 0.1) is 18.6 Å². The first kappa shape index (κ1) is 15.3. The molecule has 6 heteroatoms. The lowest BCUT2D eigenvalue weighted by Gasteiger charge is -2.35. The van der Waals surface area contributed by atoms with Crippen LogP contribution in [0.25, 0.3) is 0 Å². The first-order valence-corrected chi connectivity index (χ1v) is 7.26. The first-order chi connectivity index (χ1) is 9.52. The van der Waals surface area contributed by atoms with Crippen molar-refractivity contribution in [2.45, 2.75) is 25.9 Å². The molecular formula is C14H24N2O4. The summed E-state index contributed by atoms with van der Waals surface area (Å²) in [4.78, 5) is 27.7. The van der Waals surface area contributed by atoms with Crippen LogP contribution in [0.2, 0.25) is 0 Å². The fraction of sp³-hybridized carbons (Fsp3) is 0.857. The summed E-state index contributed by atoms with van der Waals surface area (Å²) in [6.45, 7) is 4.58. The number of aliphatic hydroxyl groups is 1. The molecule has 20 heavy (non-hydrogen) atoms. The van der Waals surface area contributed by atoms with E-state index in [9.17, 15) is 14.7 Å². The topological polar surface area (TPSA) is 70.1 Å². The fourth-order valence-corrected chi connectivity index (χ4v) is 2.86. The van der Waals surface area contributed by atoms with Crippen LogP contribution in [0.5, 0.6) is 0 Å². The largest absolute Gasteiger partial charge is 0.391 e. The summed E-state index contributed by atoms with van der Waals surface area (Å²) in [5.41, 5.74) is 0. The average molecular weight is 284 g/mol. The highest BCUT2D eigenvalue weighted by Gasteiger charge is 2.38. The number of ether oxygens (including phenoxy) is 1. The van der Waals surface area contributed by atoms with Crippen LogP contribution in [-0.2, 0) is 14.3 Å². The highest BCUT2D eigenvalue weighted by Crippen LogP contribution is 2.23. The first-order valence-electron chi connectivity index (χ1n) is 7.26. The molecule has 1 N–H and O–H groups in total. The number of hydrogen-bond acceptors (Lipinski definition) is 4. The Bertz CT molecular complexity index is 374. The average Bonchev–Trinajstić information content (AvgIpc) is 2.80. The molecule has 3 unspecified atom stereocenters. The summed E-state index contributed by atoms with van der Waals surface area (Å²) in [7, 11) is 1.60. The van der Waals surface area contributed by atoms with Crippen molar-refractivity contribution in [2.75, 3.05) is 39.9 Å². The van der Waals surface area contributed by atoms with Crippen molar-refractivity contribution in [1.29, 1.82) is 0 Å². The van der Waals surface area contributed by atoms with E-state index in [2.05, 4.69) is 0 Å². The fourth-order valence-electron chi connectivity index (χ4n) is 2.86. The number of rotatable bonds is 4. The van der Waals surface area contributed by atoms with E-state index in [1.165, 1.54) is 0 Å². The van der Waals surface area contributed by atoms with Gasteiger partial charge in [-0.3, -0.25) is 9.59 Å². The predicted molar refractivity (Wildman–Crippen MR) is 72.9 cm³/mol. The van der Waals surface area contributed by atoms with Crippen LogP contribution in [0, 0.1) is 11.8 Å². The number of piperidine rings is 1. The number of carbonyl (C=O) groups is 2. The van der Waals surface area contributed by atoms with E-state index in [0.717, 1.165) is 6.42 Å².